The minimum Gasteiger partial charge on any atom is -0.356 e. The van der Waals surface area contributed by atoms with Gasteiger partial charge in [-0.15, -0.1) is 0 Å². The molecule has 30 heavy (non-hydrogen) atoms. The van der Waals surface area contributed by atoms with Gasteiger partial charge in [-0.1, -0.05) is 26.2 Å². The average Bonchev–Trinajstić information content (AvgIpc) is 3.19. The highest BCUT2D eigenvalue weighted by atomic mass is 16.2. The van der Waals surface area contributed by atoms with Gasteiger partial charge in [0.25, 0.3) is 0 Å². The maximum absolute atomic E-state index is 11.5. The molecule has 2 unspecified atom stereocenters. The Balaban J connectivity index is 1.54. The number of hydrogen-bond acceptors (Lipinski definition) is 4. The molecule has 2 atom stereocenters. The first kappa shape index (κ1) is 25.1. The Kier molecular flexibility index (Phi) is 12.4. The number of amides is 2. The predicted octanol–water partition coefficient (Wildman–Crippen LogP) is 3.42. The van der Waals surface area contributed by atoms with Crippen molar-refractivity contribution in [2.24, 2.45) is 11.8 Å². The van der Waals surface area contributed by atoms with Gasteiger partial charge in [0.05, 0.1) is 6.17 Å². The van der Waals surface area contributed by atoms with Gasteiger partial charge in [0.15, 0.2) is 0 Å². The van der Waals surface area contributed by atoms with Crippen LogP contribution >= 0.6 is 0 Å². The number of piperidine rings is 1. The van der Waals surface area contributed by atoms with Gasteiger partial charge in [0, 0.05) is 26.4 Å². The third-order valence-corrected chi connectivity index (χ3v) is 6.82. The van der Waals surface area contributed by atoms with Crippen molar-refractivity contribution in [3.05, 3.63) is 0 Å². The number of likely N-dealkylation sites (tertiary alicyclic amines) is 1. The lowest BCUT2D eigenvalue weighted by molar-refractivity contribution is -0.121. The normalized spacial score (nSPS) is 22.9. The monoisotopic (exact) mass is 422 g/mol. The molecule has 174 valence electrons. The summed E-state index contributed by atoms with van der Waals surface area (Å²) in [6, 6.07) is 0. The van der Waals surface area contributed by atoms with Crippen LogP contribution in [0.15, 0.2) is 0 Å². The molecule has 2 saturated heterocycles. The van der Waals surface area contributed by atoms with Crippen molar-refractivity contribution in [1.29, 1.82) is 0 Å². The van der Waals surface area contributed by atoms with Crippen LogP contribution < -0.4 is 16.0 Å². The highest BCUT2D eigenvalue weighted by Gasteiger charge is 2.33. The molecule has 3 N–H and O–H groups in total. The molecule has 2 heterocycles. The van der Waals surface area contributed by atoms with Gasteiger partial charge in [0.2, 0.25) is 11.8 Å². The van der Waals surface area contributed by atoms with Crippen molar-refractivity contribution >= 4 is 11.8 Å². The number of rotatable bonds is 14. The SMILES string of the molecule is CCCC(=O)NCCCC1CCN(C2NCCC2CCCCCCNC(C)=O)CC1. The quantitative estimate of drug-likeness (QED) is 0.375. The standard InChI is InChI=1S/C24H46N4O2/c1-3-9-23(30)26-16-8-10-21-13-18-28(19-14-21)24-22(12-17-27-24)11-6-4-5-7-15-25-20(2)29/h21-22,24,27H,3-19H2,1-2H3,(H,25,29)(H,26,30). The molecule has 0 radical (unpaired) electrons. The van der Waals surface area contributed by atoms with E-state index in [1.54, 1.807) is 6.92 Å². The van der Waals surface area contributed by atoms with Crippen molar-refractivity contribution in [3.63, 3.8) is 0 Å². The van der Waals surface area contributed by atoms with Crippen LogP contribution in [0.1, 0.15) is 90.9 Å². The van der Waals surface area contributed by atoms with Gasteiger partial charge < -0.3 is 16.0 Å². The van der Waals surface area contributed by atoms with Gasteiger partial charge in [-0.25, -0.2) is 0 Å². The lowest BCUT2D eigenvalue weighted by atomic mass is 9.90. The van der Waals surface area contributed by atoms with Crippen LogP contribution in [0.3, 0.4) is 0 Å². The molecule has 0 saturated carbocycles. The topological polar surface area (TPSA) is 73.5 Å². The molecule has 2 amide bonds. The average molecular weight is 423 g/mol. The van der Waals surface area contributed by atoms with Crippen molar-refractivity contribution in [3.8, 4) is 0 Å². The van der Waals surface area contributed by atoms with Gasteiger partial charge in [-0.05, 0) is 82.8 Å². The second kappa shape index (κ2) is 14.8. The summed E-state index contributed by atoms with van der Waals surface area (Å²) >= 11 is 0. The molecule has 0 spiro atoms. The smallest absolute Gasteiger partial charge is 0.219 e. The van der Waals surface area contributed by atoms with Crippen molar-refractivity contribution < 1.29 is 9.59 Å². The van der Waals surface area contributed by atoms with E-state index in [1.807, 2.05) is 6.92 Å². The molecule has 2 aliphatic rings. The molecule has 0 aromatic heterocycles. The number of carbonyl (C=O) groups is 2. The molecule has 2 rings (SSSR count). The summed E-state index contributed by atoms with van der Waals surface area (Å²) in [5.74, 6) is 1.91. The van der Waals surface area contributed by atoms with E-state index in [-0.39, 0.29) is 11.8 Å². The fourth-order valence-corrected chi connectivity index (χ4v) is 5.07. The highest BCUT2D eigenvalue weighted by Crippen LogP contribution is 2.29. The summed E-state index contributed by atoms with van der Waals surface area (Å²) in [5.41, 5.74) is 0. The molecule has 0 aromatic carbocycles. The maximum atomic E-state index is 11.5. The number of carbonyl (C=O) groups excluding carboxylic acids is 2. The Hall–Kier alpha value is -1.14. The number of hydrogen-bond donors (Lipinski definition) is 3. The van der Waals surface area contributed by atoms with Gasteiger partial charge in [-0.2, -0.15) is 0 Å². The Morgan fingerprint density at radius 3 is 2.40 bits per heavy atom. The van der Waals surface area contributed by atoms with Crippen LogP contribution in [0.4, 0.5) is 0 Å². The number of nitrogens with zero attached hydrogens (tertiary/aromatic N) is 1. The summed E-state index contributed by atoms with van der Waals surface area (Å²) in [4.78, 5) is 25.1. The molecule has 2 aliphatic heterocycles. The minimum absolute atomic E-state index is 0.0809. The van der Waals surface area contributed by atoms with Crippen LogP contribution in [0.25, 0.3) is 0 Å². The van der Waals surface area contributed by atoms with Gasteiger partial charge >= 0.3 is 0 Å². The van der Waals surface area contributed by atoms with Gasteiger partial charge in [-0.3, -0.25) is 14.5 Å². The van der Waals surface area contributed by atoms with E-state index in [2.05, 4.69) is 20.9 Å². The first-order valence-electron chi connectivity index (χ1n) is 12.6. The zero-order chi connectivity index (χ0) is 21.6. The lowest BCUT2D eigenvalue weighted by Crippen LogP contribution is -2.49. The number of nitrogens with one attached hydrogen (secondary N) is 3. The Morgan fingerprint density at radius 2 is 1.67 bits per heavy atom. The molecule has 2 fully saturated rings. The summed E-state index contributed by atoms with van der Waals surface area (Å²) < 4.78 is 0. The summed E-state index contributed by atoms with van der Waals surface area (Å²) in [7, 11) is 0. The second-order valence-electron chi connectivity index (χ2n) is 9.36. The summed E-state index contributed by atoms with van der Waals surface area (Å²) in [5, 5.41) is 9.70. The van der Waals surface area contributed by atoms with E-state index in [0.717, 1.165) is 50.7 Å². The zero-order valence-corrected chi connectivity index (χ0v) is 19.5. The van der Waals surface area contributed by atoms with E-state index in [1.165, 1.54) is 64.5 Å². The van der Waals surface area contributed by atoms with E-state index in [4.69, 9.17) is 0 Å². The van der Waals surface area contributed by atoms with Crippen LogP contribution in [0.2, 0.25) is 0 Å². The van der Waals surface area contributed by atoms with Crippen molar-refractivity contribution in [1.82, 2.24) is 20.9 Å². The third kappa shape index (κ3) is 9.78. The largest absolute Gasteiger partial charge is 0.356 e. The molecular formula is C24H46N4O2. The van der Waals surface area contributed by atoms with E-state index >= 15 is 0 Å². The fraction of sp³-hybridized carbons (Fsp3) is 0.917. The molecule has 0 aromatic rings. The molecule has 0 aliphatic carbocycles. The van der Waals surface area contributed by atoms with E-state index in [9.17, 15) is 9.59 Å². The summed E-state index contributed by atoms with van der Waals surface area (Å²) in [6.45, 7) is 8.90. The van der Waals surface area contributed by atoms with Crippen molar-refractivity contribution in [2.75, 3.05) is 32.7 Å². The first-order chi connectivity index (χ1) is 14.6. The Bertz CT molecular complexity index is 492. The third-order valence-electron chi connectivity index (χ3n) is 6.82. The predicted molar refractivity (Wildman–Crippen MR) is 123 cm³/mol. The molecule has 6 nitrogen and oxygen atoms in total. The minimum atomic E-state index is 0.0809. The van der Waals surface area contributed by atoms with Gasteiger partial charge in [0.1, 0.15) is 0 Å². The fourth-order valence-electron chi connectivity index (χ4n) is 5.07. The molecule has 6 heteroatoms. The molecule has 0 bridgehead atoms. The number of unbranched alkanes of at least 4 members (excludes halogenated alkanes) is 3. The maximum Gasteiger partial charge on any atom is 0.219 e. The zero-order valence-electron chi connectivity index (χ0n) is 19.5. The van der Waals surface area contributed by atoms with E-state index in [0.29, 0.717) is 12.6 Å². The van der Waals surface area contributed by atoms with E-state index < -0.39 is 0 Å². The second-order valence-corrected chi connectivity index (χ2v) is 9.36. The van der Waals surface area contributed by atoms with Crippen molar-refractivity contribution in [2.45, 2.75) is 97.1 Å². The Morgan fingerprint density at radius 1 is 0.933 bits per heavy atom. The van der Waals surface area contributed by atoms with Crippen LogP contribution in [0, 0.1) is 11.8 Å². The van der Waals surface area contributed by atoms with Crippen LogP contribution in [-0.2, 0) is 9.59 Å². The van der Waals surface area contributed by atoms with Crippen LogP contribution in [0.5, 0.6) is 0 Å². The Labute approximate surface area is 184 Å². The summed E-state index contributed by atoms with van der Waals surface area (Å²) in [6.07, 6.45) is 14.7. The van der Waals surface area contributed by atoms with Crippen LogP contribution in [-0.4, -0.2) is 55.6 Å². The molecular weight excluding hydrogens is 376 g/mol. The lowest BCUT2D eigenvalue weighted by Gasteiger charge is -2.38. The first-order valence-corrected chi connectivity index (χ1v) is 12.6. The highest BCUT2D eigenvalue weighted by molar-refractivity contribution is 5.75.